The molecule has 1 aliphatic heterocycles. The van der Waals surface area contributed by atoms with Gasteiger partial charge in [0.2, 0.25) is 5.91 Å². The zero-order chi connectivity index (χ0) is 31.7. The number of nitrogens with zero attached hydrogens (tertiary/aromatic N) is 1. The summed E-state index contributed by atoms with van der Waals surface area (Å²) >= 11 is 0. The maximum atomic E-state index is 13.7. The van der Waals surface area contributed by atoms with Crippen LogP contribution in [0.3, 0.4) is 0 Å². The zero-order valence-electron chi connectivity index (χ0n) is 25.8. The van der Waals surface area contributed by atoms with Gasteiger partial charge in [-0.25, -0.2) is 4.79 Å². The summed E-state index contributed by atoms with van der Waals surface area (Å²) in [6.45, 7) is 6.37. The van der Waals surface area contributed by atoms with Gasteiger partial charge in [-0.05, 0) is 43.9 Å². The first-order valence-corrected chi connectivity index (χ1v) is 16.7. The summed E-state index contributed by atoms with van der Waals surface area (Å²) < 4.78 is 34.5. The van der Waals surface area contributed by atoms with Crippen molar-refractivity contribution >= 4 is 22.1 Å². The number of rotatable bonds is 12. The molecule has 0 saturated carbocycles. The molecule has 0 aromatic heterocycles. The molecule has 2 N–H and O–H groups in total. The molecule has 4 rings (SSSR count). The van der Waals surface area contributed by atoms with E-state index in [1.165, 1.54) is 0 Å². The van der Waals surface area contributed by atoms with Crippen LogP contribution in [0.1, 0.15) is 49.8 Å². The third-order valence-corrected chi connectivity index (χ3v) is 8.02. The molecular formula is C34H43N3O6S. The highest BCUT2D eigenvalue weighted by molar-refractivity contribution is 7.85. The summed E-state index contributed by atoms with van der Waals surface area (Å²) in [6, 6.07) is 28.4. The van der Waals surface area contributed by atoms with Gasteiger partial charge < -0.3 is 15.4 Å². The first-order valence-electron chi connectivity index (χ1n) is 14.9. The summed E-state index contributed by atoms with van der Waals surface area (Å²) in [7, 11) is -3.66. The van der Waals surface area contributed by atoms with E-state index in [-0.39, 0.29) is 36.9 Å². The normalized spacial score (nSPS) is 18.1. The van der Waals surface area contributed by atoms with Gasteiger partial charge in [0.25, 0.3) is 10.1 Å². The molecule has 3 aromatic carbocycles. The van der Waals surface area contributed by atoms with Crippen molar-refractivity contribution in [2.45, 2.75) is 63.3 Å². The monoisotopic (exact) mass is 621 g/mol. The van der Waals surface area contributed by atoms with E-state index < -0.39 is 27.9 Å². The van der Waals surface area contributed by atoms with Gasteiger partial charge in [0.1, 0.15) is 11.6 Å². The minimum Gasteiger partial charge on any atom is -0.444 e. The summed E-state index contributed by atoms with van der Waals surface area (Å²) in [5.74, 6) is -0.315. The second-order valence-electron chi connectivity index (χ2n) is 12.3. The molecule has 44 heavy (non-hydrogen) atoms. The maximum Gasteiger partial charge on any atom is 0.408 e. The van der Waals surface area contributed by atoms with Crippen molar-refractivity contribution in [3.63, 3.8) is 0 Å². The van der Waals surface area contributed by atoms with Crippen LogP contribution in [0, 0.1) is 0 Å². The molecule has 0 unspecified atom stereocenters. The minimum atomic E-state index is -3.66. The number of carbonyl (C=O) groups excluding carboxylic acids is 2. The topological polar surface area (TPSA) is 114 Å². The van der Waals surface area contributed by atoms with E-state index in [0.717, 1.165) is 22.9 Å². The van der Waals surface area contributed by atoms with Crippen LogP contribution in [0.15, 0.2) is 91.0 Å². The lowest BCUT2D eigenvalue weighted by molar-refractivity contribution is -0.123. The van der Waals surface area contributed by atoms with Gasteiger partial charge in [0, 0.05) is 37.5 Å². The fraction of sp³-hybridized carbons (Fsp3) is 0.412. The van der Waals surface area contributed by atoms with Crippen LogP contribution in [0.5, 0.6) is 0 Å². The summed E-state index contributed by atoms with van der Waals surface area (Å²) in [6.07, 6.45) is 1.14. The van der Waals surface area contributed by atoms with Crippen molar-refractivity contribution in [1.29, 1.82) is 0 Å². The van der Waals surface area contributed by atoms with Gasteiger partial charge in [0.15, 0.2) is 0 Å². The molecule has 3 aromatic rings. The van der Waals surface area contributed by atoms with Crippen LogP contribution in [0.4, 0.5) is 4.79 Å². The predicted molar refractivity (Wildman–Crippen MR) is 171 cm³/mol. The van der Waals surface area contributed by atoms with Crippen LogP contribution in [-0.4, -0.2) is 75.0 Å². The van der Waals surface area contributed by atoms with E-state index in [4.69, 9.17) is 8.92 Å². The Kier molecular flexibility index (Phi) is 11.2. The van der Waals surface area contributed by atoms with Crippen molar-refractivity contribution < 1.29 is 26.9 Å². The fourth-order valence-corrected chi connectivity index (χ4v) is 5.91. The number of amides is 2. The second kappa shape index (κ2) is 14.8. The van der Waals surface area contributed by atoms with Crippen LogP contribution in [0.2, 0.25) is 0 Å². The van der Waals surface area contributed by atoms with Crippen LogP contribution < -0.4 is 10.6 Å². The van der Waals surface area contributed by atoms with E-state index >= 15 is 0 Å². The summed E-state index contributed by atoms with van der Waals surface area (Å²) in [5.41, 5.74) is 2.45. The van der Waals surface area contributed by atoms with E-state index in [1.54, 1.807) is 20.8 Å². The average molecular weight is 622 g/mol. The lowest BCUT2D eigenvalue weighted by Crippen LogP contribution is -2.52. The first-order chi connectivity index (χ1) is 20.9. The van der Waals surface area contributed by atoms with Crippen molar-refractivity contribution in [1.82, 2.24) is 15.5 Å². The van der Waals surface area contributed by atoms with Crippen molar-refractivity contribution in [3.05, 3.63) is 108 Å². The Morgan fingerprint density at radius 1 is 0.909 bits per heavy atom. The Balaban J connectivity index is 1.53. The largest absolute Gasteiger partial charge is 0.444 e. The minimum absolute atomic E-state index is 0.0206. The molecule has 1 aliphatic rings. The molecule has 0 spiro atoms. The van der Waals surface area contributed by atoms with Gasteiger partial charge in [0.05, 0.1) is 12.9 Å². The highest BCUT2D eigenvalue weighted by Crippen LogP contribution is 2.29. The molecule has 2 amide bonds. The van der Waals surface area contributed by atoms with Crippen molar-refractivity contribution in [3.8, 4) is 0 Å². The SMILES string of the molecule is CC(C)(C)OC(=O)N[C@@H](Cc1ccccc1)C(=O)N[C@H]1C[C@@H](COS(C)(=O)=O)N(CC(c2ccccc2)c2ccccc2)C1. The van der Waals surface area contributed by atoms with Crippen LogP contribution in [-0.2, 0) is 30.3 Å². The third kappa shape index (κ3) is 10.5. The zero-order valence-corrected chi connectivity index (χ0v) is 26.6. The molecule has 10 heteroatoms. The Bertz CT molecular complexity index is 1420. The average Bonchev–Trinajstić information content (AvgIpc) is 3.35. The summed E-state index contributed by atoms with van der Waals surface area (Å²) in [5, 5.41) is 5.87. The predicted octanol–water partition coefficient (Wildman–Crippen LogP) is 4.49. The highest BCUT2D eigenvalue weighted by Gasteiger charge is 2.37. The van der Waals surface area contributed by atoms with Gasteiger partial charge >= 0.3 is 6.09 Å². The van der Waals surface area contributed by atoms with Gasteiger partial charge in [-0.1, -0.05) is 91.0 Å². The molecule has 9 nitrogen and oxygen atoms in total. The van der Waals surface area contributed by atoms with Crippen molar-refractivity contribution in [2.24, 2.45) is 0 Å². The Labute approximate surface area is 261 Å². The molecule has 3 atom stereocenters. The fourth-order valence-electron chi connectivity index (χ4n) is 5.51. The number of carbonyl (C=O) groups is 2. The number of nitrogens with one attached hydrogen (secondary N) is 2. The number of hydrogen-bond acceptors (Lipinski definition) is 7. The molecule has 236 valence electrons. The Morgan fingerprint density at radius 2 is 1.45 bits per heavy atom. The number of ether oxygens (including phenoxy) is 1. The molecule has 1 heterocycles. The molecule has 0 bridgehead atoms. The quantitative estimate of drug-likeness (QED) is 0.287. The second-order valence-corrected chi connectivity index (χ2v) is 13.9. The molecule has 1 saturated heterocycles. The molecule has 0 aliphatic carbocycles. The molecule has 1 fully saturated rings. The van der Waals surface area contributed by atoms with Crippen LogP contribution >= 0.6 is 0 Å². The Morgan fingerprint density at radius 3 is 1.98 bits per heavy atom. The maximum absolute atomic E-state index is 13.7. The molecule has 0 radical (unpaired) electrons. The Hall–Kier alpha value is -3.73. The van der Waals surface area contributed by atoms with Gasteiger partial charge in [-0.3, -0.25) is 13.9 Å². The first kappa shape index (κ1) is 33.2. The number of alkyl carbamates (subject to hydrolysis) is 1. The van der Waals surface area contributed by atoms with E-state index in [1.807, 2.05) is 66.7 Å². The van der Waals surface area contributed by atoms with Crippen LogP contribution in [0.25, 0.3) is 0 Å². The molecular weight excluding hydrogens is 578 g/mol. The lowest BCUT2D eigenvalue weighted by Gasteiger charge is -2.29. The standard InChI is InChI=1S/C34H43N3O6S/c1-34(2,3)43-33(39)36-31(20-25-14-8-5-9-15-25)32(38)35-28-21-29(24-42-44(4,40)41)37(22-28)23-30(26-16-10-6-11-17-26)27-18-12-7-13-19-27/h5-19,28-31H,20-24H2,1-4H3,(H,35,38)(H,36,39)/t28-,29-,31-/m0/s1. The van der Waals surface area contributed by atoms with Gasteiger partial charge in [-0.15, -0.1) is 0 Å². The lowest BCUT2D eigenvalue weighted by atomic mass is 9.90. The highest BCUT2D eigenvalue weighted by atomic mass is 32.2. The number of likely N-dealkylation sites (tertiary alicyclic amines) is 1. The van der Waals surface area contributed by atoms with Crippen molar-refractivity contribution in [2.75, 3.05) is 26.0 Å². The van der Waals surface area contributed by atoms with E-state index in [9.17, 15) is 18.0 Å². The summed E-state index contributed by atoms with van der Waals surface area (Å²) in [4.78, 5) is 28.5. The third-order valence-electron chi connectivity index (χ3n) is 7.46. The number of benzene rings is 3. The van der Waals surface area contributed by atoms with E-state index in [2.05, 4.69) is 39.8 Å². The van der Waals surface area contributed by atoms with E-state index in [0.29, 0.717) is 19.5 Å². The van der Waals surface area contributed by atoms with Gasteiger partial charge in [-0.2, -0.15) is 8.42 Å². The number of hydrogen-bond donors (Lipinski definition) is 2. The smallest absolute Gasteiger partial charge is 0.408 e.